The van der Waals surface area contributed by atoms with Gasteiger partial charge in [0.05, 0.1) is 5.92 Å². The van der Waals surface area contributed by atoms with Crippen LogP contribution < -0.4 is 10.6 Å². The Balaban J connectivity index is 1.67. The van der Waals surface area contributed by atoms with Gasteiger partial charge < -0.3 is 15.5 Å². The Morgan fingerprint density at radius 3 is 2.74 bits per heavy atom. The predicted molar refractivity (Wildman–Crippen MR) is 94.0 cm³/mol. The first kappa shape index (κ1) is 16.3. The summed E-state index contributed by atoms with van der Waals surface area (Å²) in [6, 6.07) is 5.55. The zero-order valence-electron chi connectivity index (χ0n) is 13.4. The maximum Gasteiger partial charge on any atom is 0.253 e. The number of nitrogens with one attached hydrogen (secondary N) is 2. The fourth-order valence-electron chi connectivity index (χ4n) is 3.00. The summed E-state index contributed by atoms with van der Waals surface area (Å²) in [4.78, 5) is 26.6. The molecule has 0 aliphatic carbocycles. The highest BCUT2D eigenvalue weighted by Gasteiger charge is 2.23. The van der Waals surface area contributed by atoms with E-state index in [1.54, 1.807) is 0 Å². The molecule has 23 heavy (non-hydrogen) atoms. The van der Waals surface area contributed by atoms with Crippen LogP contribution in [0.4, 0.5) is 5.69 Å². The summed E-state index contributed by atoms with van der Waals surface area (Å²) in [6.45, 7) is 5.21. The van der Waals surface area contributed by atoms with Crippen molar-refractivity contribution in [2.24, 2.45) is 5.92 Å². The van der Waals surface area contributed by atoms with Crippen LogP contribution in [0, 0.1) is 12.8 Å². The first-order valence-electron chi connectivity index (χ1n) is 8.14. The highest BCUT2D eigenvalue weighted by Crippen LogP contribution is 2.21. The lowest BCUT2D eigenvalue weighted by molar-refractivity contribution is -0.119. The molecule has 1 atom stereocenters. The molecule has 3 rings (SSSR count). The van der Waals surface area contributed by atoms with Crippen molar-refractivity contribution in [3.05, 3.63) is 29.3 Å². The number of aryl methyl sites for hydroxylation is 1. The van der Waals surface area contributed by atoms with Gasteiger partial charge in [0, 0.05) is 42.4 Å². The molecule has 2 amide bonds. The van der Waals surface area contributed by atoms with Gasteiger partial charge in [0.1, 0.15) is 0 Å². The highest BCUT2D eigenvalue weighted by molar-refractivity contribution is 7.99. The number of carbonyl (C=O) groups is 2. The third-order valence-corrected chi connectivity index (χ3v) is 5.40. The average molecular weight is 333 g/mol. The Hall–Kier alpha value is -1.53. The third kappa shape index (κ3) is 3.87. The van der Waals surface area contributed by atoms with Gasteiger partial charge in [-0.05, 0) is 43.7 Å². The molecule has 2 aliphatic rings. The Morgan fingerprint density at radius 1 is 1.30 bits per heavy atom. The maximum atomic E-state index is 12.5. The number of benzene rings is 1. The largest absolute Gasteiger partial charge is 0.337 e. The maximum absolute atomic E-state index is 12.5. The molecule has 2 N–H and O–H groups in total. The molecule has 0 radical (unpaired) electrons. The molecule has 0 aromatic heterocycles. The second-order valence-electron chi connectivity index (χ2n) is 6.11. The lowest BCUT2D eigenvalue weighted by Crippen LogP contribution is -2.37. The second kappa shape index (κ2) is 7.36. The summed E-state index contributed by atoms with van der Waals surface area (Å²) in [5.41, 5.74) is 2.43. The summed E-state index contributed by atoms with van der Waals surface area (Å²) >= 11 is 1.89. The number of hydrogen-bond acceptors (Lipinski definition) is 4. The molecular weight excluding hydrogens is 310 g/mol. The van der Waals surface area contributed by atoms with Crippen molar-refractivity contribution >= 4 is 29.3 Å². The monoisotopic (exact) mass is 333 g/mol. The average Bonchev–Trinajstić information content (AvgIpc) is 3.11. The number of carbonyl (C=O) groups excluding carboxylic acids is 2. The fourth-order valence-corrected chi connectivity index (χ4v) is 3.90. The normalized spacial score (nSPS) is 21.3. The van der Waals surface area contributed by atoms with Crippen LogP contribution in [0.5, 0.6) is 0 Å². The van der Waals surface area contributed by atoms with Crippen molar-refractivity contribution < 1.29 is 9.59 Å². The van der Waals surface area contributed by atoms with Crippen molar-refractivity contribution in [3.63, 3.8) is 0 Å². The Kier molecular flexibility index (Phi) is 5.23. The lowest BCUT2D eigenvalue weighted by Gasteiger charge is -2.26. The number of hydrogen-bond donors (Lipinski definition) is 2. The van der Waals surface area contributed by atoms with E-state index in [2.05, 4.69) is 10.6 Å². The van der Waals surface area contributed by atoms with Crippen molar-refractivity contribution in [2.45, 2.75) is 13.3 Å². The topological polar surface area (TPSA) is 61.4 Å². The minimum Gasteiger partial charge on any atom is -0.337 e. The summed E-state index contributed by atoms with van der Waals surface area (Å²) in [5, 5.41) is 6.19. The van der Waals surface area contributed by atoms with Gasteiger partial charge in [-0.1, -0.05) is 0 Å². The van der Waals surface area contributed by atoms with Crippen molar-refractivity contribution in [3.8, 4) is 0 Å². The van der Waals surface area contributed by atoms with E-state index in [1.807, 2.05) is 41.8 Å². The van der Waals surface area contributed by atoms with E-state index in [1.165, 1.54) is 0 Å². The van der Waals surface area contributed by atoms with Gasteiger partial charge in [0.15, 0.2) is 0 Å². The van der Waals surface area contributed by atoms with E-state index >= 15 is 0 Å². The van der Waals surface area contributed by atoms with E-state index in [4.69, 9.17) is 0 Å². The van der Waals surface area contributed by atoms with Gasteiger partial charge in [-0.3, -0.25) is 9.59 Å². The zero-order valence-corrected chi connectivity index (χ0v) is 14.2. The molecule has 0 spiro atoms. The summed E-state index contributed by atoms with van der Waals surface area (Å²) in [6.07, 6.45) is 0.883. The molecule has 2 fully saturated rings. The summed E-state index contributed by atoms with van der Waals surface area (Å²) < 4.78 is 0. The van der Waals surface area contributed by atoms with E-state index in [0.29, 0.717) is 5.56 Å². The van der Waals surface area contributed by atoms with E-state index in [-0.39, 0.29) is 17.7 Å². The molecule has 0 bridgehead atoms. The van der Waals surface area contributed by atoms with Gasteiger partial charge >= 0.3 is 0 Å². The molecule has 1 aromatic carbocycles. The van der Waals surface area contributed by atoms with Gasteiger partial charge in [0.2, 0.25) is 5.91 Å². The fraction of sp³-hybridized carbons (Fsp3) is 0.529. The van der Waals surface area contributed by atoms with Crippen molar-refractivity contribution in [1.82, 2.24) is 10.2 Å². The first-order chi connectivity index (χ1) is 11.1. The number of anilines is 1. The quantitative estimate of drug-likeness (QED) is 0.884. The molecule has 2 aliphatic heterocycles. The SMILES string of the molecule is Cc1cc(C(=O)N2CCSCC2)ccc1NC(=O)C1CCNC1. The van der Waals surface area contributed by atoms with Gasteiger partial charge in [-0.15, -0.1) is 0 Å². The molecule has 2 heterocycles. The Morgan fingerprint density at radius 2 is 2.09 bits per heavy atom. The van der Waals surface area contributed by atoms with Crippen molar-refractivity contribution in [2.75, 3.05) is 43.0 Å². The highest BCUT2D eigenvalue weighted by atomic mass is 32.2. The van der Waals surface area contributed by atoms with Crippen LogP contribution in [0.1, 0.15) is 22.3 Å². The van der Waals surface area contributed by atoms with Crippen LogP contribution in [-0.4, -0.2) is 54.4 Å². The van der Waals surface area contributed by atoms with Gasteiger partial charge in [-0.25, -0.2) is 0 Å². The molecule has 1 aromatic rings. The molecule has 6 heteroatoms. The molecule has 1 unspecified atom stereocenters. The lowest BCUT2D eigenvalue weighted by atomic mass is 10.1. The number of amides is 2. The van der Waals surface area contributed by atoms with Gasteiger partial charge in [0.25, 0.3) is 5.91 Å². The number of thioether (sulfide) groups is 1. The van der Waals surface area contributed by atoms with Crippen LogP contribution in [0.3, 0.4) is 0 Å². The Labute approximate surface area is 141 Å². The van der Waals surface area contributed by atoms with Crippen LogP contribution in [0.15, 0.2) is 18.2 Å². The molecule has 124 valence electrons. The Bertz CT molecular complexity index is 594. The van der Waals surface area contributed by atoms with E-state index < -0.39 is 0 Å². The summed E-state index contributed by atoms with van der Waals surface area (Å²) in [7, 11) is 0. The van der Waals surface area contributed by atoms with Crippen LogP contribution >= 0.6 is 11.8 Å². The molecule has 0 saturated carbocycles. The molecule has 2 saturated heterocycles. The standard InChI is InChI=1S/C17H23N3O2S/c1-12-10-13(17(22)20-6-8-23-9-7-20)2-3-15(12)19-16(21)14-4-5-18-11-14/h2-3,10,14,18H,4-9,11H2,1H3,(H,19,21). The van der Waals surface area contributed by atoms with Crippen LogP contribution in [0.25, 0.3) is 0 Å². The molecule has 5 nitrogen and oxygen atoms in total. The van der Waals surface area contributed by atoms with Crippen LogP contribution in [-0.2, 0) is 4.79 Å². The van der Waals surface area contributed by atoms with Crippen molar-refractivity contribution in [1.29, 1.82) is 0 Å². The minimum atomic E-state index is 0.0431. The van der Waals surface area contributed by atoms with E-state index in [9.17, 15) is 9.59 Å². The number of rotatable bonds is 3. The zero-order chi connectivity index (χ0) is 16.2. The first-order valence-corrected chi connectivity index (χ1v) is 9.30. The summed E-state index contributed by atoms with van der Waals surface area (Å²) in [5.74, 6) is 2.21. The third-order valence-electron chi connectivity index (χ3n) is 4.46. The number of nitrogens with zero attached hydrogens (tertiary/aromatic N) is 1. The molecular formula is C17H23N3O2S. The van der Waals surface area contributed by atoms with E-state index in [0.717, 1.165) is 55.4 Å². The van der Waals surface area contributed by atoms with Crippen LogP contribution in [0.2, 0.25) is 0 Å². The predicted octanol–water partition coefficient (Wildman–Crippen LogP) is 1.73. The second-order valence-corrected chi connectivity index (χ2v) is 7.34. The smallest absolute Gasteiger partial charge is 0.253 e. The minimum absolute atomic E-state index is 0.0431. The van der Waals surface area contributed by atoms with Gasteiger partial charge in [-0.2, -0.15) is 11.8 Å².